The normalized spacial score (nSPS) is 15.1. The minimum Gasteiger partial charge on any atom is -0.350 e. The number of carbonyl (C=O) groups is 1. The van der Waals surface area contributed by atoms with E-state index in [9.17, 15) is 9.18 Å². The second-order valence-corrected chi connectivity index (χ2v) is 8.21. The molecule has 28 heavy (non-hydrogen) atoms. The lowest BCUT2D eigenvalue weighted by Crippen LogP contribution is -2.40. The molecule has 1 atom stereocenters. The van der Waals surface area contributed by atoms with Crippen molar-refractivity contribution in [2.24, 2.45) is 0 Å². The van der Waals surface area contributed by atoms with E-state index in [0.29, 0.717) is 6.54 Å². The van der Waals surface area contributed by atoms with Gasteiger partial charge in [0.1, 0.15) is 5.82 Å². The Morgan fingerprint density at radius 2 is 1.96 bits per heavy atom. The van der Waals surface area contributed by atoms with E-state index < -0.39 is 11.7 Å². The van der Waals surface area contributed by atoms with Gasteiger partial charge in [0.15, 0.2) is 0 Å². The number of benzene rings is 2. The third kappa shape index (κ3) is 3.97. The summed E-state index contributed by atoms with van der Waals surface area (Å²) in [5.74, 6) is -1.09. The quantitative estimate of drug-likeness (QED) is 0.632. The highest BCUT2D eigenvalue weighted by atomic mass is 35.5. The van der Waals surface area contributed by atoms with E-state index >= 15 is 0 Å². The van der Waals surface area contributed by atoms with E-state index in [1.165, 1.54) is 34.2 Å². The van der Waals surface area contributed by atoms with Crippen LogP contribution in [0.15, 0.2) is 60.0 Å². The Hall–Kier alpha value is -2.21. The summed E-state index contributed by atoms with van der Waals surface area (Å²) >= 11 is 7.70. The van der Waals surface area contributed by atoms with Gasteiger partial charge in [-0.1, -0.05) is 48.0 Å². The van der Waals surface area contributed by atoms with Gasteiger partial charge in [0.05, 0.1) is 16.6 Å². The maximum Gasteiger partial charge on any atom is 0.255 e. The molecule has 0 spiro atoms. The Morgan fingerprint density at radius 3 is 2.71 bits per heavy atom. The van der Waals surface area contributed by atoms with Crippen molar-refractivity contribution >= 4 is 28.8 Å². The van der Waals surface area contributed by atoms with Crippen molar-refractivity contribution in [3.63, 3.8) is 0 Å². The van der Waals surface area contributed by atoms with Crippen LogP contribution in [0.4, 0.5) is 4.39 Å². The van der Waals surface area contributed by atoms with E-state index in [4.69, 9.17) is 11.6 Å². The summed E-state index contributed by atoms with van der Waals surface area (Å²) in [6.07, 6.45) is 0.977. The smallest absolute Gasteiger partial charge is 0.255 e. The molecule has 4 rings (SSSR count). The largest absolute Gasteiger partial charge is 0.350 e. The predicted molar refractivity (Wildman–Crippen MR) is 111 cm³/mol. The third-order valence-corrected chi connectivity index (χ3v) is 6.41. The van der Waals surface area contributed by atoms with Crippen molar-refractivity contribution in [3.8, 4) is 0 Å². The SMILES string of the molecule is O=C(NC[C@@H](c1cccs1)N1CCc2ccccc2C1)c1c(F)cccc1Cl. The highest BCUT2D eigenvalue weighted by Gasteiger charge is 2.26. The van der Waals surface area contributed by atoms with E-state index in [1.807, 2.05) is 11.4 Å². The lowest BCUT2D eigenvalue weighted by Gasteiger charge is -2.35. The minimum absolute atomic E-state index is 0.0304. The van der Waals surface area contributed by atoms with E-state index in [0.717, 1.165) is 19.5 Å². The van der Waals surface area contributed by atoms with Crippen LogP contribution in [0.25, 0.3) is 0 Å². The molecule has 1 N–H and O–H groups in total. The molecule has 0 bridgehead atoms. The van der Waals surface area contributed by atoms with Crippen LogP contribution in [-0.2, 0) is 13.0 Å². The van der Waals surface area contributed by atoms with Crippen molar-refractivity contribution in [2.75, 3.05) is 13.1 Å². The van der Waals surface area contributed by atoms with Crippen LogP contribution >= 0.6 is 22.9 Å². The molecular formula is C22H20ClFN2OS. The maximum atomic E-state index is 14.1. The Morgan fingerprint density at radius 1 is 1.14 bits per heavy atom. The molecule has 0 saturated heterocycles. The van der Waals surface area contributed by atoms with E-state index in [-0.39, 0.29) is 16.6 Å². The van der Waals surface area contributed by atoms with Crippen LogP contribution in [0.5, 0.6) is 0 Å². The average Bonchev–Trinajstić information content (AvgIpc) is 3.22. The van der Waals surface area contributed by atoms with Crippen LogP contribution in [-0.4, -0.2) is 23.9 Å². The standard InChI is InChI=1S/C22H20ClFN2OS/c23-17-7-3-8-18(24)21(17)22(27)25-13-19(20-9-4-12-28-20)26-11-10-15-5-1-2-6-16(15)14-26/h1-9,12,19H,10-11,13-14H2,(H,25,27)/t19-/m0/s1. The summed E-state index contributed by atoms with van der Waals surface area (Å²) < 4.78 is 14.1. The number of rotatable bonds is 5. The van der Waals surface area contributed by atoms with Crippen molar-refractivity contribution in [1.29, 1.82) is 0 Å². The Kier molecular flexibility index (Phi) is 5.76. The van der Waals surface area contributed by atoms with Gasteiger partial charge < -0.3 is 5.32 Å². The molecular weight excluding hydrogens is 395 g/mol. The highest BCUT2D eigenvalue weighted by Crippen LogP contribution is 2.30. The summed E-state index contributed by atoms with van der Waals surface area (Å²) in [6, 6.07) is 16.9. The molecule has 1 aliphatic heterocycles. The lowest BCUT2D eigenvalue weighted by atomic mass is 9.98. The fraction of sp³-hybridized carbons (Fsp3) is 0.227. The molecule has 0 saturated carbocycles. The van der Waals surface area contributed by atoms with Crippen LogP contribution in [0, 0.1) is 5.82 Å². The van der Waals surface area contributed by atoms with Crippen molar-refractivity contribution in [3.05, 3.63) is 92.4 Å². The molecule has 2 aromatic carbocycles. The number of carbonyl (C=O) groups excluding carboxylic acids is 1. The molecule has 0 unspecified atom stereocenters. The highest BCUT2D eigenvalue weighted by molar-refractivity contribution is 7.10. The van der Waals surface area contributed by atoms with Gasteiger partial charge in [-0.2, -0.15) is 0 Å². The summed E-state index contributed by atoms with van der Waals surface area (Å²) in [4.78, 5) is 16.1. The summed E-state index contributed by atoms with van der Waals surface area (Å²) in [7, 11) is 0. The van der Waals surface area contributed by atoms with Crippen LogP contribution in [0.2, 0.25) is 5.02 Å². The van der Waals surface area contributed by atoms with Gasteiger partial charge in [-0.3, -0.25) is 9.69 Å². The Balaban J connectivity index is 1.53. The number of nitrogens with one attached hydrogen (secondary N) is 1. The number of amides is 1. The molecule has 3 aromatic rings. The zero-order chi connectivity index (χ0) is 19.5. The Bertz CT molecular complexity index is 956. The molecule has 0 aliphatic carbocycles. The molecule has 0 radical (unpaired) electrons. The average molecular weight is 415 g/mol. The molecule has 0 fully saturated rings. The first-order valence-corrected chi connectivity index (χ1v) is 10.5. The monoisotopic (exact) mass is 414 g/mol. The fourth-order valence-corrected chi connectivity index (χ4v) is 4.78. The van der Waals surface area contributed by atoms with Gasteiger partial charge in [-0.05, 0) is 41.1 Å². The number of hydrogen-bond donors (Lipinski definition) is 1. The first kappa shape index (κ1) is 19.1. The topological polar surface area (TPSA) is 32.3 Å². The van der Waals surface area contributed by atoms with E-state index in [1.54, 1.807) is 11.3 Å². The third-order valence-electron chi connectivity index (χ3n) is 5.12. The summed E-state index contributed by atoms with van der Waals surface area (Å²) in [5.41, 5.74) is 2.60. The number of fused-ring (bicyclic) bond motifs is 1. The molecule has 3 nitrogen and oxygen atoms in total. The number of halogens is 2. The number of hydrogen-bond acceptors (Lipinski definition) is 3. The second kappa shape index (κ2) is 8.43. The van der Waals surface area contributed by atoms with Gasteiger partial charge in [0.2, 0.25) is 0 Å². The minimum atomic E-state index is -0.607. The van der Waals surface area contributed by atoms with Gasteiger partial charge in [0, 0.05) is 24.5 Å². The second-order valence-electron chi connectivity index (χ2n) is 6.83. The maximum absolute atomic E-state index is 14.1. The van der Waals surface area contributed by atoms with Crippen molar-refractivity contribution in [1.82, 2.24) is 10.2 Å². The fourth-order valence-electron chi connectivity index (χ4n) is 3.67. The zero-order valence-corrected chi connectivity index (χ0v) is 16.8. The van der Waals surface area contributed by atoms with Gasteiger partial charge in [-0.25, -0.2) is 4.39 Å². The van der Waals surface area contributed by atoms with Gasteiger partial charge in [-0.15, -0.1) is 11.3 Å². The Labute approximate surface area is 172 Å². The summed E-state index contributed by atoms with van der Waals surface area (Å²) in [6.45, 7) is 2.14. The molecule has 1 aliphatic rings. The number of thiophene rings is 1. The van der Waals surface area contributed by atoms with Crippen LogP contribution in [0.1, 0.15) is 32.4 Å². The van der Waals surface area contributed by atoms with Gasteiger partial charge >= 0.3 is 0 Å². The van der Waals surface area contributed by atoms with Gasteiger partial charge in [0.25, 0.3) is 5.91 Å². The predicted octanol–water partition coefficient (Wildman–Crippen LogP) is 5.07. The lowest BCUT2D eigenvalue weighted by molar-refractivity contribution is 0.0925. The molecule has 1 aromatic heterocycles. The molecule has 1 amide bonds. The number of nitrogens with zero attached hydrogens (tertiary/aromatic N) is 1. The summed E-state index contributed by atoms with van der Waals surface area (Å²) in [5, 5.41) is 5.05. The van der Waals surface area contributed by atoms with Crippen molar-refractivity contribution < 1.29 is 9.18 Å². The van der Waals surface area contributed by atoms with E-state index in [2.05, 4.69) is 40.5 Å². The van der Waals surface area contributed by atoms with Crippen molar-refractivity contribution in [2.45, 2.75) is 19.0 Å². The molecule has 2 heterocycles. The molecule has 6 heteroatoms. The first-order chi connectivity index (χ1) is 13.6. The van der Waals surface area contributed by atoms with Crippen LogP contribution < -0.4 is 5.32 Å². The van der Waals surface area contributed by atoms with Crippen LogP contribution in [0.3, 0.4) is 0 Å². The molecule has 144 valence electrons. The zero-order valence-electron chi connectivity index (χ0n) is 15.2. The first-order valence-electron chi connectivity index (χ1n) is 9.20.